The van der Waals surface area contributed by atoms with Crippen LogP contribution in [0.15, 0.2) is 48.8 Å². The van der Waals surface area contributed by atoms with E-state index < -0.39 is 22.9 Å². The van der Waals surface area contributed by atoms with E-state index in [9.17, 15) is 9.59 Å². The SMILES string of the molecule is CN1C(=O)c2cccc(C3(F)CCC3)c2[C@H]2C[C@@H]1c1nc3ccc(-c4cnc(C5(NC(=O)OC(C)(C)C)CCC5)nc4)cc3n12. The van der Waals surface area contributed by atoms with Crippen molar-refractivity contribution in [2.45, 2.75) is 94.6 Å². The Kier molecular flexibility index (Phi) is 5.99. The van der Waals surface area contributed by atoms with E-state index in [4.69, 9.17) is 19.7 Å². The summed E-state index contributed by atoms with van der Waals surface area (Å²) in [6.45, 7) is 5.52. The van der Waals surface area contributed by atoms with Crippen molar-refractivity contribution in [1.82, 2.24) is 29.7 Å². The fraction of sp³-hybridized carbons (Fsp3) is 0.457. The number of carbonyl (C=O) groups is 2. The number of fused-ring (bicyclic) bond motifs is 9. The third-order valence-electron chi connectivity index (χ3n) is 10.2. The number of hydrogen-bond donors (Lipinski definition) is 1. The normalized spacial score (nSPS) is 22.6. The summed E-state index contributed by atoms with van der Waals surface area (Å²) in [5, 5.41) is 3.02. The lowest BCUT2D eigenvalue weighted by molar-refractivity contribution is 0.0364. The highest BCUT2D eigenvalue weighted by Crippen LogP contribution is 2.54. The van der Waals surface area contributed by atoms with Crippen molar-refractivity contribution in [2.75, 3.05) is 7.05 Å². The second kappa shape index (κ2) is 9.58. The van der Waals surface area contributed by atoms with Crippen LogP contribution in [0.4, 0.5) is 9.18 Å². The summed E-state index contributed by atoms with van der Waals surface area (Å²) in [6, 6.07) is 11.2. The average molecular weight is 609 g/mol. The molecule has 1 N–H and O–H groups in total. The molecule has 2 atom stereocenters. The summed E-state index contributed by atoms with van der Waals surface area (Å²) >= 11 is 0. The molecule has 0 unspecified atom stereocenters. The van der Waals surface area contributed by atoms with Gasteiger partial charge in [0, 0.05) is 37.0 Å². The molecule has 8 rings (SSSR count). The van der Waals surface area contributed by atoms with E-state index >= 15 is 4.39 Å². The highest BCUT2D eigenvalue weighted by Gasteiger charge is 2.49. The van der Waals surface area contributed by atoms with E-state index in [1.54, 1.807) is 17.3 Å². The highest BCUT2D eigenvalue weighted by molar-refractivity contribution is 5.97. The maximum absolute atomic E-state index is 16.1. The van der Waals surface area contributed by atoms with Crippen molar-refractivity contribution >= 4 is 23.0 Å². The number of halogens is 1. The Morgan fingerprint density at radius 2 is 1.76 bits per heavy atom. The summed E-state index contributed by atoms with van der Waals surface area (Å²) in [7, 11) is 1.83. The molecule has 2 aliphatic heterocycles. The highest BCUT2D eigenvalue weighted by atomic mass is 19.1. The fourth-order valence-corrected chi connectivity index (χ4v) is 7.60. The number of rotatable bonds is 4. The minimum atomic E-state index is -1.40. The number of alkyl halides is 1. The van der Waals surface area contributed by atoms with Gasteiger partial charge in [-0.2, -0.15) is 0 Å². The van der Waals surface area contributed by atoms with Crippen LogP contribution in [0, 0.1) is 0 Å². The van der Waals surface area contributed by atoms with Gasteiger partial charge in [0.1, 0.15) is 22.6 Å². The van der Waals surface area contributed by atoms with Gasteiger partial charge in [0.2, 0.25) is 0 Å². The number of amides is 2. The first-order valence-electron chi connectivity index (χ1n) is 15.9. The van der Waals surface area contributed by atoms with E-state index in [1.165, 1.54) is 0 Å². The Morgan fingerprint density at radius 3 is 2.40 bits per heavy atom. The molecule has 4 aliphatic rings. The maximum Gasteiger partial charge on any atom is 0.408 e. The third kappa shape index (κ3) is 4.28. The van der Waals surface area contributed by atoms with Crippen molar-refractivity contribution in [3.63, 3.8) is 0 Å². The predicted molar refractivity (Wildman–Crippen MR) is 166 cm³/mol. The minimum Gasteiger partial charge on any atom is -0.444 e. The molecular formula is C35H37FN6O3. The second-order valence-corrected chi connectivity index (χ2v) is 14.2. The molecule has 2 bridgehead atoms. The van der Waals surface area contributed by atoms with Crippen molar-refractivity contribution < 1.29 is 18.7 Å². The van der Waals surface area contributed by atoms with Gasteiger partial charge >= 0.3 is 6.09 Å². The van der Waals surface area contributed by atoms with Gasteiger partial charge < -0.3 is 19.5 Å². The number of ether oxygens (including phenoxy) is 1. The summed E-state index contributed by atoms with van der Waals surface area (Å²) in [5.41, 5.74) is 2.95. The Labute approximate surface area is 261 Å². The molecule has 2 aromatic heterocycles. The van der Waals surface area contributed by atoms with Crippen LogP contribution in [0.3, 0.4) is 0 Å². The molecule has 45 heavy (non-hydrogen) atoms. The van der Waals surface area contributed by atoms with Gasteiger partial charge in [-0.1, -0.05) is 18.2 Å². The summed E-state index contributed by atoms with van der Waals surface area (Å²) < 4.78 is 23.8. The van der Waals surface area contributed by atoms with Crippen LogP contribution in [0.1, 0.15) is 111 Å². The standard InChI is InChI=1S/C35H37FN6O3/c1-33(2,3)45-32(44)40-35(14-7-15-35)31-37-18-21(19-38-31)20-10-11-24-25(16-20)42-26-17-27(29(42)39-24)41(4)30(43)22-8-5-9-23(28(22)26)34(36)12-6-13-34/h5,8-11,16,18-19,26-27H,6-7,12-15,17H2,1-4H3,(H,40,44)/t26-,27-/m1/s1. The van der Waals surface area contributed by atoms with E-state index in [1.807, 2.05) is 58.2 Å². The number of nitrogens with one attached hydrogen (secondary N) is 1. The van der Waals surface area contributed by atoms with Gasteiger partial charge in [-0.25, -0.2) is 24.1 Å². The minimum absolute atomic E-state index is 0.0797. The van der Waals surface area contributed by atoms with E-state index in [-0.39, 0.29) is 18.0 Å². The molecule has 2 aromatic carbocycles. The lowest BCUT2D eigenvalue weighted by Gasteiger charge is -2.41. The zero-order valence-corrected chi connectivity index (χ0v) is 26.1. The van der Waals surface area contributed by atoms with Crippen LogP contribution in [0.25, 0.3) is 22.2 Å². The van der Waals surface area contributed by atoms with E-state index in [0.717, 1.165) is 59.2 Å². The molecule has 0 saturated heterocycles. The Bertz CT molecular complexity index is 1870. The summed E-state index contributed by atoms with van der Waals surface area (Å²) in [4.78, 5) is 42.4. The predicted octanol–water partition coefficient (Wildman–Crippen LogP) is 6.87. The van der Waals surface area contributed by atoms with Gasteiger partial charge in [-0.15, -0.1) is 0 Å². The molecule has 0 spiro atoms. The van der Waals surface area contributed by atoms with Crippen LogP contribution in [-0.2, 0) is 15.9 Å². The third-order valence-corrected chi connectivity index (χ3v) is 10.2. The number of carbonyl (C=O) groups excluding carboxylic acids is 2. The molecule has 2 amide bonds. The van der Waals surface area contributed by atoms with Crippen LogP contribution in [-0.4, -0.2) is 49.1 Å². The molecular weight excluding hydrogens is 571 g/mol. The first-order valence-corrected chi connectivity index (χ1v) is 15.9. The molecule has 2 aliphatic carbocycles. The molecule has 2 saturated carbocycles. The Hall–Kier alpha value is -4.34. The number of imidazole rings is 1. The molecule has 2 fully saturated rings. The van der Waals surface area contributed by atoms with Gasteiger partial charge in [0.25, 0.3) is 5.91 Å². The van der Waals surface area contributed by atoms with E-state index in [0.29, 0.717) is 36.2 Å². The van der Waals surface area contributed by atoms with Crippen molar-refractivity contribution in [3.05, 3.63) is 77.1 Å². The fourth-order valence-electron chi connectivity index (χ4n) is 7.60. The molecule has 4 aromatic rings. The first kappa shape index (κ1) is 28.2. The lowest BCUT2D eigenvalue weighted by atomic mass is 9.73. The van der Waals surface area contributed by atoms with Crippen LogP contribution >= 0.6 is 0 Å². The summed E-state index contributed by atoms with van der Waals surface area (Å²) in [6.07, 6.45) is 8.09. The van der Waals surface area contributed by atoms with Gasteiger partial charge in [0.05, 0.1) is 23.1 Å². The molecule has 10 heteroatoms. The Balaban J connectivity index is 1.17. The number of hydrogen-bond acceptors (Lipinski definition) is 6. The molecule has 9 nitrogen and oxygen atoms in total. The topological polar surface area (TPSA) is 102 Å². The van der Waals surface area contributed by atoms with Gasteiger partial charge in [-0.05, 0) is 94.2 Å². The number of aromatic nitrogens is 4. The van der Waals surface area contributed by atoms with Crippen LogP contribution in [0.5, 0.6) is 0 Å². The smallest absolute Gasteiger partial charge is 0.408 e. The number of alkyl carbamates (subject to hydrolysis) is 1. The quantitative estimate of drug-likeness (QED) is 0.271. The van der Waals surface area contributed by atoms with E-state index in [2.05, 4.69) is 16.0 Å². The van der Waals surface area contributed by atoms with Crippen LogP contribution in [0.2, 0.25) is 0 Å². The van der Waals surface area contributed by atoms with Crippen molar-refractivity contribution in [2.24, 2.45) is 0 Å². The Morgan fingerprint density at radius 1 is 1.02 bits per heavy atom. The largest absolute Gasteiger partial charge is 0.444 e. The van der Waals surface area contributed by atoms with Crippen LogP contribution < -0.4 is 5.32 Å². The van der Waals surface area contributed by atoms with Crippen molar-refractivity contribution in [1.29, 1.82) is 0 Å². The zero-order valence-electron chi connectivity index (χ0n) is 26.1. The monoisotopic (exact) mass is 608 g/mol. The average Bonchev–Trinajstić information content (AvgIpc) is 3.50. The first-order chi connectivity index (χ1) is 21.5. The van der Waals surface area contributed by atoms with Gasteiger partial charge in [0.15, 0.2) is 5.82 Å². The number of benzene rings is 2. The molecule has 232 valence electrons. The maximum atomic E-state index is 16.1. The zero-order chi connectivity index (χ0) is 31.3. The van der Waals surface area contributed by atoms with Gasteiger partial charge in [-0.3, -0.25) is 4.79 Å². The summed E-state index contributed by atoms with van der Waals surface area (Å²) in [5.74, 6) is 1.33. The molecule has 4 heterocycles. The second-order valence-electron chi connectivity index (χ2n) is 14.2. The lowest BCUT2D eigenvalue weighted by Crippen LogP contribution is -2.53. The number of nitrogens with zero attached hydrogens (tertiary/aromatic N) is 5. The van der Waals surface area contributed by atoms with Crippen molar-refractivity contribution in [3.8, 4) is 11.1 Å². The molecule has 0 radical (unpaired) electrons.